The number of anilines is 1. The first kappa shape index (κ1) is 13.4. The number of hydrogen-bond donors (Lipinski definition) is 1. The standard InChI is InChI=1S/C13H12ClN7/c1-9-15-5-4-10(18-9)7-16-13-6-11(2-3-12(13)14)21-8-17-19-20-21/h2-6,8,16H,7H2,1H3. The van der Waals surface area contributed by atoms with Crippen molar-refractivity contribution < 1.29 is 0 Å². The van der Waals surface area contributed by atoms with Gasteiger partial charge in [0.15, 0.2) is 0 Å². The number of rotatable bonds is 4. The molecule has 2 aromatic heterocycles. The van der Waals surface area contributed by atoms with E-state index in [-0.39, 0.29) is 0 Å². The van der Waals surface area contributed by atoms with Crippen molar-refractivity contribution in [2.24, 2.45) is 0 Å². The van der Waals surface area contributed by atoms with Crippen molar-refractivity contribution in [2.75, 3.05) is 5.32 Å². The average molecular weight is 302 g/mol. The lowest BCUT2D eigenvalue weighted by Gasteiger charge is -2.10. The van der Waals surface area contributed by atoms with E-state index in [0.29, 0.717) is 11.6 Å². The molecule has 0 spiro atoms. The normalized spacial score (nSPS) is 10.6. The van der Waals surface area contributed by atoms with Crippen molar-refractivity contribution in [1.29, 1.82) is 0 Å². The highest BCUT2D eigenvalue weighted by atomic mass is 35.5. The maximum Gasteiger partial charge on any atom is 0.143 e. The number of tetrazole rings is 1. The number of aromatic nitrogens is 6. The van der Waals surface area contributed by atoms with E-state index in [4.69, 9.17) is 11.6 Å². The minimum atomic E-state index is 0.558. The first-order valence-corrected chi connectivity index (χ1v) is 6.65. The fourth-order valence-corrected chi connectivity index (χ4v) is 2.04. The van der Waals surface area contributed by atoms with Crippen LogP contribution in [0.1, 0.15) is 11.5 Å². The van der Waals surface area contributed by atoms with Crippen LogP contribution >= 0.6 is 11.6 Å². The summed E-state index contributed by atoms with van der Waals surface area (Å²) < 4.78 is 1.57. The van der Waals surface area contributed by atoms with Gasteiger partial charge in [0.25, 0.3) is 0 Å². The molecule has 0 atom stereocenters. The molecule has 3 rings (SSSR count). The number of nitrogens with one attached hydrogen (secondary N) is 1. The summed E-state index contributed by atoms with van der Waals surface area (Å²) in [7, 11) is 0. The molecule has 3 aromatic rings. The Morgan fingerprint density at radius 1 is 1.29 bits per heavy atom. The highest BCUT2D eigenvalue weighted by molar-refractivity contribution is 6.33. The van der Waals surface area contributed by atoms with Crippen LogP contribution in [0.5, 0.6) is 0 Å². The molecule has 7 nitrogen and oxygen atoms in total. The van der Waals surface area contributed by atoms with E-state index in [9.17, 15) is 0 Å². The van der Waals surface area contributed by atoms with E-state index in [2.05, 4.69) is 30.8 Å². The number of nitrogens with zero attached hydrogens (tertiary/aromatic N) is 6. The summed E-state index contributed by atoms with van der Waals surface area (Å²) in [6.07, 6.45) is 3.26. The smallest absolute Gasteiger partial charge is 0.143 e. The summed E-state index contributed by atoms with van der Waals surface area (Å²) in [5.41, 5.74) is 2.51. The van der Waals surface area contributed by atoms with E-state index in [1.807, 2.05) is 25.1 Å². The first-order chi connectivity index (χ1) is 10.2. The molecule has 21 heavy (non-hydrogen) atoms. The van der Waals surface area contributed by atoms with Gasteiger partial charge in [0.2, 0.25) is 0 Å². The molecule has 0 radical (unpaired) electrons. The Hall–Kier alpha value is -2.54. The average Bonchev–Trinajstić information content (AvgIpc) is 3.01. The van der Waals surface area contributed by atoms with E-state index in [1.165, 1.54) is 6.33 Å². The number of hydrogen-bond acceptors (Lipinski definition) is 6. The predicted molar refractivity (Wildman–Crippen MR) is 78.3 cm³/mol. The first-order valence-electron chi connectivity index (χ1n) is 6.28. The Kier molecular flexibility index (Phi) is 3.74. The van der Waals surface area contributed by atoms with Gasteiger partial charge in [-0.1, -0.05) is 11.6 Å². The zero-order valence-corrected chi connectivity index (χ0v) is 12.0. The van der Waals surface area contributed by atoms with Crippen molar-refractivity contribution >= 4 is 17.3 Å². The van der Waals surface area contributed by atoms with Crippen molar-refractivity contribution in [3.63, 3.8) is 0 Å². The summed E-state index contributed by atoms with van der Waals surface area (Å²) in [6, 6.07) is 7.39. The molecule has 0 aliphatic carbocycles. The minimum Gasteiger partial charge on any atom is -0.378 e. The van der Waals surface area contributed by atoms with E-state index in [0.717, 1.165) is 22.9 Å². The van der Waals surface area contributed by atoms with Crippen LogP contribution in [0.15, 0.2) is 36.8 Å². The maximum absolute atomic E-state index is 6.20. The van der Waals surface area contributed by atoms with Crippen molar-refractivity contribution in [3.05, 3.63) is 53.3 Å². The maximum atomic E-state index is 6.20. The lowest BCUT2D eigenvalue weighted by Crippen LogP contribution is -2.04. The highest BCUT2D eigenvalue weighted by Gasteiger charge is 2.05. The molecule has 0 unspecified atom stereocenters. The summed E-state index contributed by atoms with van der Waals surface area (Å²) in [6.45, 7) is 2.41. The van der Waals surface area contributed by atoms with E-state index in [1.54, 1.807) is 16.9 Å². The quantitative estimate of drug-likeness (QED) is 0.794. The van der Waals surface area contributed by atoms with Gasteiger partial charge in [0, 0.05) is 6.20 Å². The second kappa shape index (κ2) is 5.84. The molecule has 1 aromatic carbocycles. The molecule has 8 heteroatoms. The number of aryl methyl sites for hydroxylation is 1. The highest BCUT2D eigenvalue weighted by Crippen LogP contribution is 2.24. The molecule has 0 bridgehead atoms. The lowest BCUT2D eigenvalue weighted by molar-refractivity contribution is 0.789. The van der Waals surface area contributed by atoms with Crippen LogP contribution in [0.3, 0.4) is 0 Å². The molecule has 0 saturated heterocycles. The third-order valence-corrected chi connectivity index (χ3v) is 3.19. The third-order valence-electron chi connectivity index (χ3n) is 2.86. The molecule has 0 amide bonds. The third kappa shape index (κ3) is 3.14. The van der Waals surface area contributed by atoms with Gasteiger partial charge in [0.1, 0.15) is 12.2 Å². The van der Waals surface area contributed by atoms with Gasteiger partial charge in [-0.05, 0) is 41.6 Å². The predicted octanol–water partition coefficient (Wildman–Crippen LogP) is 2.03. The van der Waals surface area contributed by atoms with Crippen LogP contribution in [-0.2, 0) is 6.54 Å². The van der Waals surface area contributed by atoms with Gasteiger partial charge in [-0.2, -0.15) is 0 Å². The molecule has 1 N–H and O–H groups in total. The van der Waals surface area contributed by atoms with Gasteiger partial charge >= 0.3 is 0 Å². The van der Waals surface area contributed by atoms with Gasteiger partial charge in [-0.15, -0.1) is 5.10 Å². The Morgan fingerprint density at radius 2 is 2.19 bits per heavy atom. The van der Waals surface area contributed by atoms with E-state index >= 15 is 0 Å². The van der Waals surface area contributed by atoms with Crippen LogP contribution < -0.4 is 5.32 Å². The van der Waals surface area contributed by atoms with E-state index < -0.39 is 0 Å². The van der Waals surface area contributed by atoms with Crippen LogP contribution in [0.2, 0.25) is 5.02 Å². The van der Waals surface area contributed by atoms with Gasteiger partial charge in [-0.25, -0.2) is 14.6 Å². The molecule has 0 saturated carbocycles. The molecule has 0 fully saturated rings. The minimum absolute atomic E-state index is 0.558. The topological polar surface area (TPSA) is 81.4 Å². The van der Waals surface area contributed by atoms with Gasteiger partial charge in [0.05, 0.1) is 28.6 Å². The van der Waals surface area contributed by atoms with Crippen LogP contribution in [0.25, 0.3) is 5.69 Å². The van der Waals surface area contributed by atoms with Crippen molar-refractivity contribution in [1.82, 2.24) is 30.2 Å². The molecule has 2 heterocycles. The largest absolute Gasteiger partial charge is 0.378 e. The van der Waals surface area contributed by atoms with Crippen molar-refractivity contribution in [2.45, 2.75) is 13.5 Å². The second-order valence-corrected chi connectivity index (χ2v) is 4.77. The van der Waals surface area contributed by atoms with Gasteiger partial charge < -0.3 is 5.32 Å². The molecular formula is C13H12ClN7. The zero-order valence-electron chi connectivity index (χ0n) is 11.2. The Bertz CT molecular complexity index is 742. The Balaban J connectivity index is 1.80. The SMILES string of the molecule is Cc1nccc(CNc2cc(-n3cnnn3)ccc2Cl)n1. The summed E-state index contributed by atoms with van der Waals surface area (Å²) in [4.78, 5) is 8.41. The number of benzene rings is 1. The summed E-state index contributed by atoms with van der Waals surface area (Å²) in [5.74, 6) is 0.739. The van der Waals surface area contributed by atoms with Crippen LogP contribution in [0, 0.1) is 6.92 Å². The van der Waals surface area contributed by atoms with Gasteiger partial charge in [-0.3, -0.25) is 0 Å². The fourth-order valence-electron chi connectivity index (χ4n) is 1.86. The van der Waals surface area contributed by atoms with Crippen LogP contribution in [0.4, 0.5) is 5.69 Å². The summed E-state index contributed by atoms with van der Waals surface area (Å²) in [5, 5.41) is 15.0. The summed E-state index contributed by atoms with van der Waals surface area (Å²) >= 11 is 6.20. The molecule has 0 aliphatic rings. The number of halogens is 1. The fraction of sp³-hybridized carbons (Fsp3) is 0.154. The monoisotopic (exact) mass is 301 g/mol. The zero-order chi connectivity index (χ0) is 14.7. The lowest BCUT2D eigenvalue weighted by atomic mass is 10.2. The molecule has 106 valence electrons. The molecule has 0 aliphatic heterocycles. The Morgan fingerprint density at radius 3 is 2.95 bits per heavy atom. The second-order valence-electron chi connectivity index (χ2n) is 4.37. The Labute approximate surface area is 126 Å². The van der Waals surface area contributed by atoms with Crippen molar-refractivity contribution in [3.8, 4) is 5.69 Å². The molecular weight excluding hydrogens is 290 g/mol. The van der Waals surface area contributed by atoms with Crippen LogP contribution in [-0.4, -0.2) is 30.2 Å².